The Bertz CT molecular complexity index is 248. The zero-order valence-corrected chi connectivity index (χ0v) is 13.7. The minimum atomic E-state index is 0.170. The van der Waals surface area contributed by atoms with Crippen LogP contribution >= 0.6 is 0 Å². The fourth-order valence-corrected chi connectivity index (χ4v) is 2.48. The Morgan fingerprint density at radius 2 is 1.79 bits per heavy atom. The molecule has 0 aromatic heterocycles. The molecule has 1 aliphatic rings. The van der Waals surface area contributed by atoms with E-state index in [4.69, 9.17) is 9.47 Å². The van der Waals surface area contributed by atoms with E-state index in [1.165, 1.54) is 0 Å². The van der Waals surface area contributed by atoms with Crippen molar-refractivity contribution in [3.63, 3.8) is 0 Å². The van der Waals surface area contributed by atoms with Gasteiger partial charge in [-0.2, -0.15) is 0 Å². The molecule has 1 fully saturated rings. The highest BCUT2D eigenvalue weighted by Gasteiger charge is 2.26. The van der Waals surface area contributed by atoms with Crippen LogP contribution in [0.4, 0.5) is 0 Å². The Morgan fingerprint density at radius 1 is 1.16 bits per heavy atom. The Kier molecular flexibility index (Phi) is 6.78. The average Bonchev–Trinajstić information content (AvgIpc) is 2.69. The van der Waals surface area contributed by atoms with E-state index >= 15 is 0 Å². The van der Waals surface area contributed by atoms with Crippen LogP contribution in [0.2, 0.25) is 0 Å². The van der Waals surface area contributed by atoms with Gasteiger partial charge in [0.1, 0.15) is 0 Å². The molecule has 1 rings (SSSR count). The Balaban J connectivity index is 2.14. The molecular formula is C16H33NO2. The summed E-state index contributed by atoms with van der Waals surface area (Å²) in [5, 5.41) is 3.51. The van der Waals surface area contributed by atoms with Gasteiger partial charge in [-0.15, -0.1) is 0 Å². The second-order valence-corrected chi connectivity index (χ2v) is 7.36. The van der Waals surface area contributed by atoms with Crippen LogP contribution in [0, 0.1) is 5.92 Å². The SMILES string of the molecule is CC(C)CC(C)OCC1CCC(CNC(C)(C)C)O1. The summed E-state index contributed by atoms with van der Waals surface area (Å²) in [6.45, 7) is 14.9. The van der Waals surface area contributed by atoms with E-state index in [-0.39, 0.29) is 5.54 Å². The first kappa shape index (κ1) is 16.9. The quantitative estimate of drug-likeness (QED) is 0.770. The molecule has 3 unspecified atom stereocenters. The number of ether oxygens (including phenoxy) is 2. The van der Waals surface area contributed by atoms with Gasteiger partial charge in [0.25, 0.3) is 0 Å². The summed E-state index contributed by atoms with van der Waals surface area (Å²) in [5.74, 6) is 0.697. The molecule has 19 heavy (non-hydrogen) atoms. The van der Waals surface area contributed by atoms with Crippen molar-refractivity contribution < 1.29 is 9.47 Å². The number of hydrogen-bond acceptors (Lipinski definition) is 3. The average molecular weight is 271 g/mol. The van der Waals surface area contributed by atoms with E-state index < -0.39 is 0 Å². The van der Waals surface area contributed by atoms with Crippen LogP contribution in [0.25, 0.3) is 0 Å². The van der Waals surface area contributed by atoms with Crippen molar-refractivity contribution in [1.29, 1.82) is 0 Å². The van der Waals surface area contributed by atoms with Crippen molar-refractivity contribution in [2.45, 2.75) is 84.7 Å². The molecular weight excluding hydrogens is 238 g/mol. The predicted molar refractivity (Wildman–Crippen MR) is 80.5 cm³/mol. The van der Waals surface area contributed by atoms with Gasteiger partial charge in [-0.05, 0) is 52.9 Å². The van der Waals surface area contributed by atoms with Gasteiger partial charge in [-0.25, -0.2) is 0 Å². The molecule has 3 atom stereocenters. The summed E-state index contributed by atoms with van der Waals surface area (Å²) in [4.78, 5) is 0. The largest absolute Gasteiger partial charge is 0.376 e. The predicted octanol–water partition coefficient (Wildman–Crippen LogP) is 3.37. The first-order valence-electron chi connectivity index (χ1n) is 7.78. The van der Waals surface area contributed by atoms with E-state index in [0.29, 0.717) is 24.2 Å². The smallest absolute Gasteiger partial charge is 0.0814 e. The molecule has 0 bridgehead atoms. The third-order valence-corrected chi connectivity index (χ3v) is 3.43. The van der Waals surface area contributed by atoms with Crippen LogP contribution in [-0.4, -0.2) is 37.0 Å². The lowest BCUT2D eigenvalue weighted by atomic mass is 10.1. The maximum absolute atomic E-state index is 6.02. The Morgan fingerprint density at radius 3 is 2.37 bits per heavy atom. The lowest BCUT2D eigenvalue weighted by Crippen LogP contribution is -2.41. The van der Waals surface area contributed by atoms with Crippen LogP contribution < -0.4 is 5.32 Å². The van der Waals surface area contributed by atoms with Gasteiger partial charge in [0.05, 0.1) is 24.9 Å². The fourth-order valence-electron chi connectivity index (χ4n) is 2.48. The van der Waals surface area contributed by atoms with Gasteiger partial charge >= 0.3 is 0 Å². The second kappa shape index (κ2) is 7.61. The van der Waals surface area contributed by atoms with Crippen LogP contribution in [0.3, 0.4) is 0 Å². The second-order valence-electron chi connectivity index (χ2n) is 7.36. The van der Waals surface area contributed by atoms with Crippen molar-refractivity contribution in [2.75, 3.05) is 13.2 Å². The van der Waals surface area contributed by atoms with E-state index in [2.05, 4.69) is 46.9 Å². The zero-order valence-electron chi connectivity index (χ0n) is 13.7. The molecule has 3 heteroatoms. The molecule has 0 saturated carbocycles. The summed E-state index contributed by atoms with van der Waals surface area (Å²) < 4.78 is 11.9. The number of hydrogen-bond donors (Lipinski definition) is 1. The molecule has 1 saturated heterocycles. The van der Waals surface area contributed by atoms with Gasteiger partial charge in [-0.3, -0.25) is 0 Å². The minimum Gasteiger partial charge on any atom is -0.376 e. The van der Waals surface area contributed by atoms with Crippen LogP contribution in [0.15, 0.2) is 0 Å². The first-order valence-corrected chi connectivity index (χ1v) is 7.78. The van der Waals surface area contributed by atoms with Crippen LogP contribution in [0.1, 0.15) is 60.8 Å². The van der Waals surface area contributed by atoms with E-state index in [1.807, 2.05) is 0 Å². The van der Waals surface area contributed by atoms with E-state index in [0.717, 1.165) is 32.4 Å². The zero-order chi connectivity index (χ0) is 14.5. The van der Waals surface area contributed by atoms with Crippen molar-refractivity contribution in [2.24, 2.45) is 5.92 Å². The van der Waals surface area contributed by atoms with Gasteiger partial charge in [0.15, 0.2) is 0 Å². The standard InChI is InChI=1S/C16H33NO2/c1-12(2)9-13(3)18-11-15-8-7-14(19-15)10-17-16(4,5)6/h12-15,17H,7-11H2,1-6H3. The molecule has 0 spiro atoms. The Hall–Kier alpha value is -0.120. The monoisotopic (exact) mass is 271 g/mol. The van der Waals surface area contributed by atoms with Gasteiger partial charge in [-0.1, -0.05) is 13.8 Å². The molecule has 0 aromatic rings. The molecule has 0 radical (unpaired) electrons. The summed E-state index contributed by atoms with van der Waals surface area (Å²) in [6.07, 6.45) is 4.40. The molecule has 1 N–H and O–H groups in total. The first-order chi connectivity index (χ1) is 8.76. The number of rotatable bonds is 7. The van der Waals surface area contributed by atoms with E-state index in [1.54, 1.807) is 0 Å². The van der Waals surface area contributed by atoms with Crippen molar-refractivity contribution in [3.8, 4) is 0 Å². The van der Waals surface area contributed by atoms with Crippen molar-refractivity contribution in [1.82, 2.24) is 5.32 Å². The van der Waals surface area contributed by atoms with Crippen molar-refractivity contribution >= 4 is 0 Å². The van der Waals surface area contributed by atoms with Crippen LogP contribution in [-0.2, 0) is 9.47 Å². The van der Waals surface area contributed by atoms with Gasteiger partial charge in [0, 0.05) is 12.1 Å². The van der Waals surface area contributed by atoms with Crippen LogP contribution in [0.5, 0.6) is 0 Å². The molecule has 114 valence electrons. The fraction of sp³-hybridized carbons (Fsp3) is 1.00. The topological polar surface area (TPSA) is 30.5 Å². The Labute approximate surface area is 119 Å². The highest BCUT2D eigenvalue weighted by molar-refractivity contribution is 4.79. The molecule has 3 nitrogen and oxygen atoms in total. The molecule has 1 heterocycles. The minimum absolute atomic E-state index is 0.170. The third-order valence-electron chi connectivity index (χ3n) is 3.43. The van der Waals surface area contributed by atoms with Gasteiger partial charge < -0.3 is 14.8 Å². The van der Waals surface area contributed by atoms with E-state index in [9.17, 15) is 0 Å². The lowest BCUT2D eigenvalue weighted by Gasteiger charge is -2.23. The molecule has 1 aliphatic heterocycles. The van der Waals surface area contributed by atoms with Gasteiger partial charge in [0.2, 0.25) is 0 Å². The molecule has 0 aromatic carbocycles. The summed E-state index contributed by atoms with van der Waals surface area (Å²) in [7, 11) is 0. The highest BCUT2D eigenvalue weighted by atomic mass is 16.5. The summed E-state index contributed by atoms with van der Waals surface area (Å²) in [6, 6.07) is 0. The lowest BCUT2D eigenvalue weighted by molar-refractivity contribution is -0.0414. The normalized spacial score (nSPS) is 26.1. The maximum Gasteiger partial charge on any atom is 0.0814 e. The third kappa shape index (κ3) is 7.91. The molecule has 0 aliphatic carbocycles. The molecule has 0 amide bonds. The highest BCUT2D eigenvalue weighted by Crippen LogP contribution is 2.21. The van der Waals surface area contributed by atoms with Crippen molar-refractivity contribution in [3.05, 3.63) is 0 Å². The maximum atomic E-state index is 6.02. The number of nitrogens with one attached hydrogen (secondary N) is 1. The summed E-state index contributed by atoms with van der Waals surface area (Å²) >= 11 is 0. The summed E-state index contributed by atoms with van der Waals surface area (Å²) in [5.41, 5.74) is 0.170.